The van der Waals surface area contributed by atoms with E-state index in [0.717, 1.165) is 34.3 Å². The lowest BCUT2D eigenvalue weighted by Crippen LogP contribution is -2.50. The zero-order chi connectivity index (χ0) is 23.8. The number of benzene rings is 2. The first-order valence-electron chi connectivity index (χ1n) is 10.7. The number of fused-ring (bicyclic) bond motifs is 1. The Labute approximate surface area is 190 Å². The van der Waals surface area contributed by atoms with Crippen molar-refractivity contribution < 1.29 is 22.7 Å². The smallest absolute Gasteiger partial charge is 0.263 e. The van der Waals surface area contributed by atoms with Crippen molar-refractivity contribution in [1.29, 1.82) is 0 Å². The van der Waals surface area contributed by atoms with Crippen LogP contribution in [-0.4, -0.2) is 40.3 Å². The molecule has 0 bridgehead atoms. The highest BCUT2D eigenvalue weighted by molar-refractivity contribution is 7.92. The summed E-state index contributed by atoms with van der Waals surface area (Å²) in [5.41, 5.74) is 4.41. The number of methoxy groups -OCH3 is 1. The Morgan fingerprint density at radius 2 is 1.84 bits per heavy atom. The van der Waals surface area contributed by atoms with Gasteiger partial charge >= 0.3 is 0 Å². The van der Waals surface area contributed by atoms with Gasteiger partial charge in [-0.2, -0.15) is 0 Å². The fourth-order valence-corrected chi connectivity index (χ4v) is 4.91. The lowest BCUT2D eigenvalue weighted by molar-refractivity contribution is -0.128. The van der Waals surface area contributed by atoms with Gasteiger partial charge < -0.3 is 14.8 Å². The van der Waals surface area contributed by atoms with Gasteiger partial charge in [0.05, 0.1) is 31.6 Å². The Kier molecular flexibility index (Phi) is 6.74. The van der Waals surface area contributed by atoms with Gasteiger partial charge in [0.25, 0.3) is 5.91 Å². The molecule has 174 valence electrons. The zero-order valence-corrected chi connectivity index (χ0v) is 20.5. The molecule has 7 nitrogen and oxygen atoms in total. The Hall–Kier alpha value is -2.74. The first-order chi connectivity index (χ1) is 14.9. The standard InChI is InChI=1S/C24H32N2O5S/c1-14(2)18-12-19(16(4)11-22(18)30-6)17(5)25-24(27)23-13-26(32(7,28)29)20-10-15(3)8-9-21(20)31-23/h8-12,14,17,23H,13H2,1-7H3,(H,25,27)/t17-,23-/m1/s1. The average molecular weight is 461 g/mol. The topological polar surface area (TPSA) is 84.9 Å². The molecule has 1 amide bonds. The van der Waals surface area contributed by atoms with Crippen molar-refractivity contribution >= 4 is 21.6 Å². The second kappa shape index (κ2) is 9.02. The van der Waals surface area contributed by atoms with Crippen molar-refractivity contribution in [3.8, 4) is 11.5 Å². The molecule has 8 heteroatoms. The molecule has 3 rings (SSSR count). The van der Waals surface area contributed by atoms with Gasteiger partial charge in [-0.1, -0.05) is 19.9 Å². The number of aryl methyl sites for hydroxylation is 2. The molecule has 1 aliphatic heterocycles. The molecule has 1 aliphatic rings. The number of carbonyl (C=O) groups excluding carboxylic acids is 1. The summed E-state index contributed by atoms with van der Waals surface area (Å²) in [7, 11) is -1.92. The molecule has 0 aliphatic carbocycles. The molecule has 32 heavy (non-hydrogen) atoms. The first-order valence-corrected chi connectivity index (χ1v) is 12.5. The van der Waals surface area contributed by atoms with Gasteiger partial charge in [-0.25, -0.2) is 8.42 Å². The molecule has 0 fully saturated rings. The maximum Gasteiger partial charge on any atom is 0.263 e. The van der Waals surface area contributed by atoms with E-state index in [9.17, 15) is 13.2 Å². The fourth-order valence-electron chi connectivity index (χ4n) is 4.01. The summed E-state index contributed by atoms with van der Waals surface area (Å²) in [6, 6.07) is 9.03. The van der Waals surface area contributed by atoms with E-state index >= 15 is 0 Å². The van der Waals surface area contributed by atoms with Crippen molar-refractivity contribution in [3.63, 3.8) is 0 Å². The summed E-state index contributed by atoms with van der Waals surface area (Å²) >= 11 is 0. The highest BCUT2D eigenvalue weighted by atomic mass is 32.2. The van der Waals surface area contributed by atoms with Gasteiger partial charge in [-0.05, 0) is 73.2 Å². The van der Waals surface area contributed by atoms with Crippen molar-refractivity contribution in [1.82, 2.24) is 5.32 Å². The van der Waals surface area contributed by atoms with Crippen LogP contribution in [0.15, 0.2) is 30.3 Å². The maximum absolute atomic E-state index is 13.1. The summed E-state index contributed by atoms with van der Waals surface area (Å²) in [6.07, 6.45) is 0.182. The third-order valence-electron chi connectivity index (χ3n) is 5.74. The predicted molar refractivity (Wildman–Crippen MR) is 126 cm³/mol. The van der Waals surface area contributed by atoms with Gasteiger partial charge in [0, 0.05) is 0 Å². The van der Waals surface area contributed by atoms with Crippen molar-refractivity contribution in [2.75, 3.05) is 24.2 Å². The average Bonchev–Trinajstić information content (AvgIpc) is 2.71. The van der Waals surface area contributed by atoms with Gasteiger partial charge in [-0.15, -0.1) is 0 Å². The van der Waals surface area contributed by atoms with Crippen LogP contribution in [0.25, 0.3) is 0 Å². The van der Waals surface area contributed by atoms with Gasteiger partial charge in [0.2, 0.25) is 10.0 Å². The highest BCUT2D eigenvalue weighted by Gasteiger charge is 2.35. The van der Waals surface area contributed by atoms with E-state index in [1.807, 2.05) is 32.9 Å². The maximum atomic E-state index is 13.1. The molecule has 2 aromatic carbocycles. The number of anilines is 1. The van der Waals surface area contributed by atoms with Crippen molar-refractivity contribution in [2.24, 2.45) is 0 Å². The minimum absolute atomic E-state index is 0.0767. The SMILES string of the molecule is COc1cc(C)c([C@@H](C)NC(=O)[C@H]2CN(S(C)(=O)=O)c3cc(C)ccc3O2)cc1C(C)C. The van der Waals surface area contributed by atoms with E-state index < -0.39 is 16.1 Å². The molecule has 2 aromatic rings. The highest BCUT2D eigenvalue weighted by Crippen LogP contribution is 2.36. The molecule has 0 saturated carbocycles. The lowest BCUT2D eigenvalue weighted by Gasteiger charge is -2.34. The summed E-state index contributed by atoms with van der Waals surface area (Å²) in [5, 5.41) is 3.00. The molecule has 0 spiro atoms. The number of ether oxygens (including phenoxy) is 2. The number of amides is 1. The van der Waals surface area contributed by atoms with Crippen LogP contribution in [-0.2, 0) is 14.8 Å². The van der Waals surface area contributed by atoms with Gasteiger partial charge in [-0.3, -0.25) is 9.10 Å². The second-order valence-electron chi connectivity index (χ2n) is 8.71. The zero-order valence-electron chi connectivity index (χ0n) is 19.7. The van der Waals surface area contributed by atoms with Crippen molar-refractivity contribution in [3.05, 3.63) is 52.6 Å². The number of nitrogens with zero attached hydrogens (tertiary/aromatic N) is 1. The van der Waals surface area contributed by atoms with E-state index in [2.05, 4.69) is 25.2 Å². The Balaban J connectivity index is 1.86. The van der Waals surface area contributed by atoms with Crippen LogP contribution < -0.4 is 19.1 Å². The van der Waals surface area contributed by atoms with Crippen LogP contribution in [0.5, 0.6) is 11.5 Å². The molecular formula is C24H32N2O5S. The van der Waals surface area contributed by atoms with Crippen LogP contribution in [0.1, 0.15) is 55.0 Å². The summed E-state index contributed by atoms with van der Waals surface area (Å²) in [4.78, 5) is 13.1. The van der Waals surface area contributed by atoms with Crippen LogP contribution in [0.4, 0.5) is 5.69 Å². The first kappa shape index (κ1) is 23.9. The normalized spacial score (nSPS) is 16.9. The Morgan fingerprint density at radius 1 is 1.16 bits per heavy atom. The van der Waals surface area contributed by atoms with Gasteiger partial charge in [0.15, 0.2) is 6.10 Å². The van der Waals surface area contributed by atoms with E-state index in [4.69, 9.17) is 9.47 Å². The lowest BCUT2D eigenvalue weighted by atomic mass is 9.93. The van der Waals surface area contributed by atoms with E-state index in [-0.39, 0.29) is 24.4 Å². The van der Waals surface area contributed by atoms with Crippen LogP contribution in [0.2, 0.25) is 0 Å². The van der Waals surface area contributed by atoms with Crippen LogP contribution in [0, 0.1) is 13.8 Å². The Morgan fingerprint density at radius 3 is 2.44 bits per heavy atom. The fraction of sp³-hybridized carbons (Fsp3) is 0.458. The summed E-state index contributed by atoms with van der Waals surface area (Å²) in [5.74, 6) is 1.10. The minimum Gasteiger partial charge on any atom is -0.496 e. The van der Waals surface area contributed by atoms with Gasteiger partial charge in [0.1, 0.15) is 11.5 Å². The molecule has 0 radical (unpaired) electrons. The number of carbonyl (C=O) groups is 1. The second-order valence-corrected chi connectivity index (χ2v) is 10.6. The largest absolute Gasteiger partial charge is 0.496 e. The number of hydrogen-bond donors (Lipinski definition) is 1. The molecular weight excluding hydrogens is 428 g/mol. The number of sulfonamides is 1. The number of hydrogen-bond acceptors (Lipinski definition) is 5. The molecule has 1 heterocycles. The number of nitrogens with one attached hydrogen (secondary N) is 1. The summed E-state index contributed by atoms with van der Waals surface area (Å²) < 4.78 is 37.5. The third-order valence-corrected chi connectivity index (χ3v) is 6.89. The Bertz CT molecular complexity index is 1130. The van der Waals surface area contributed by atoms with E-state index in [0.29, 0.717) is 11.4 Å². The van der Waals surface area contributed by atoms with E-state index in [1.165, 1.54) is 4.31 Å². The monoisotopic (exact) mass is 460 g/mol. The minimum atomic E-state index is -3.57. The third kappa shape index (κ3) is 4.85. The molecule has 0 unspecified atom stereocenters. The molecule has 0 aromatic heterocycles. The van der Waals surface area contributed by atoms with Crippen LogP contribution in [0.3, 0.4) is 0 Å². The molecule has 2 atom stereocenters. The number of rotatable bonds is 6. The van der Waals surface area contributed by atoms with E-state index in [1.54, 1.807) is 19.2 Å². The molecule has 1 N–H and O–H groups in total. The molecule has 0 saturated heterocycles. The van der Waals surface area contributed by atoms with Crippen LogP contribution >= 0.6 is 0 Å². The predicted octanol–water partition coefficient (Wildman–Crippen LogP) is 3.84. The van der Waals surface area contributed by atoms with Crippen molar-refractivity contribution in [2.45, 2.75) is 52.7 Å². The summed E-state index contributed by atoms with van der Waals surface area (Å²) in [6.45, 7) is 9.87. The quantitative estimate of drug-likeness (QED) is 0.708.